The molecule has 0 radical (unpaired) electrons. The highest BCUT2D eigenvalue weighted by Crippen LogP contribution is 2.33. The second-order valence-electron chi connectivity index (χ2n) is 6.08. The fourth-order valence-corrected chi connectivity index (χ4v) is 3.92. The molecule has 2 amide bonds. The molecule has 9 heteroatoms. The summed E-state index contributed by atoms with van der Waals surface area (Å²) in [4.78, 5) is 11.9. The van der Waals surface area contributed by atoms with Gasteiger partial charge < -0.3 is 10.1 Å². The SMILES string of the molecule is O=C(Nc1nnc(C2CCOCC2)s1)NC1CCCC(F)(F)C1. The second-order valence-corrected chi connectivity index (χ2v) is 7.09. The number of urea groups is 1. The minimum Gasteiger partial charge on any atom is -0.381 e. The van der Waals surface area contributed by atoms with Crippen LogP contribution in [0.15, 0.2) is 0 Å². The van der Waals surface area contributed by atoms with E-state index >= 15 is 0 Å². The van der Waals surface area contributed by atoms with Crippen LogP contribution in [0.25, 0.3) is 0 Å². The van der Waals surface area contributed by atoms with Crippen LogP contribution in [0.1, 0.15) is 49.5 Å². The molecule has 1 unspecified atom stereocenters. The number of anilines is 1. The predicted octanol–water partition coefficient (Wildman–Crippen LogP) is 3.13. The average molecular weight is 346 g/mol. The van der Waals surface area contributed by atoms with Crippen LogP contribution in [0.5, 0.6) is 0 Å². The average Bonchev–Trinajstić information content (AvgIpc) is 2.95. The highest BCUT2D eigenvalue weighted by Gasteiger charge is 2.36. The van der Waals surface area contributed by atoms with Crippen LogP contribution in [0.2, 0.25) is 0 Å². The van der Waals surface area contributed by atoms with Gasteiger partial charge in [0, 0.05) is 38.0 Å². The van der Waals surface area contributed by atoms with E-state index in [0.29, 0.717) is 37.1 Å². The van der Waals surface area contributed by atoms with Gasteiger partial charge in [-0.25, -0.2) is 13.6 Å². The topological polar surface area (TPSA) is 76.1 Å². The van der Waals surface area contributed by atoms with E-state index in [-0.39, 0.29) is 12.8 Å². The summed E-state index contributed by atoms with van der Waals surface area (Å²) >= 11 is 1.33. The van der Waals surface area contributed by atoms with Gasteiger partial charge in [0.25, 0.3) is 0 Å². The largest absolute Gasteiger partial charge is 0.381 e. The van der Waals surface area contributed by atoms with Gasteiger partial charge in [-0.05, 0) is 25.7 Å². The fraction of sp³-hybridized carbons (Fsp3) is 0.786. The van der Waals surface area contributed by atoms with Crippen molar-refractivity contribution in [1.29, 1.82) is 0 Å². The summed E-state index contributed by atoms with van der Waals surface area (Å²) in [6, 6.07) is -0.996. The van der Waals surface area contributed by atoms with Gasteiger partial charge in [0.2, 0.25) is 11.1 Å². The summed E-state index contributed by atoms with van der Waals surface area (Å²) in [7, 11) is 0. The molecule has 6 nitrogen and oxygen atoms in total. The summed E-state index contributed by atoms with van der Waals surface area (Å²) < 4.78 is 32.0. The second kappa shape index (κ2) is 7.04. The van der Waals surface area contributed by atoms with Crippen molar-refractivity contribution in [3.63, 3.8) is 0 Å². The first-order valence-corrected chi connectivity index (χ1v) is 8.70. The number of ether oxygens (including phenoxy) is 1. The molecule has 2 aliphatic rings. The minimum absolute atomic E-state index is 0.0995. The maximum atomic E-state index is 13.3. The first-order chi connectivity index (χ1) is 11.0. The maximum Gasteiger partial charge on any atom is 0.321 e. The van der Waals surface area contributed by atoms with Gasteiger partial charge >= 0.3 is 6.03 Å². The van der Waals surface area contributed by atoms with Crippen molar-refractivity contribution in [2.24, 2.45) is 0 Å². The summed E-state index contributed by atoms with van der Waals surface area (Å²) in [6.07, 6.45) is 2.40. The Balaban J connectivity index is 1.51. The van der Waals surface area contributed by atoms with Gasteiger partial charge in [0.1, 0.15) is 5.01 Å². The Morgan fingerprint density at radius 2 is 2.04 bits per heavy atom. The van der Waals surface area contributed by atoms with E-state index in [0.717, 1.165) is 17.8 Å². The Kier molecular flexibility index (Phi) is 5.05. The number of hydrogen-bond donors (Lipinski definition) is 2. The number of alkyl halides is 2. The van der Waals surface area contributed by atoms with E-state index in [1.54, 1.807) is 0 Å². The zero-order valence-corrected chi connectivity index (χ0v) is 13.5. The van der Waals surface area contributed by atoms with Crippen molar-refractivity contribution in [3.05, 3.63) is 5.01 Å². The van der Waals surface area contributed by atoms with Gasteiger partial charge in [-0.2, -0.15) is 0 Å². The summed E-state index contributed by atoms with van der Waals surface area (Å²) in [5.41, 5.74) is 0. The maximum absolute atomic E-state index is 13.3. The molecule has 0 spiro atoms. The molecule has 1 aromatic rings. The van der Waals surface area contributed by atoms with Crippen LogP contribution in [-0.2, 0) is 4.74 Å². The zero-order chi connectivity index (χ0) is 16.3. The molecule has 1 saturated heterocycles. The molecule has 0 aromatic carbocycles. The predicted molar refractivity (Wildman–Crippen MR) is 82.1 cm³/mol. The van der Waals surface area contributed by atoms with Crippen LogP contribution in [0.3, 0.4) is 0 Å². The highest BCUT2D eigenvalue weighted by molar-refractivity contribution is 7.15. The number of nitrogens with zero attached hydrogens (tertiary/aromatic N) is 2. The van der Waals surface area contributed by atoms with Gasteiger partial charge in [-0.1, -0.05) is 11.3 Å². The molecule has 3 rings (SSSR count). The van der Waals surface area contributed by atoms with Gasteiger partial charge in [0.05, 0.1) is 0 Å². The first kappa shape index (κ1) is 16.5. The minimum atomic E-state index is -2.69. The summed E-state index contributed by atoms with van der Waals surface area (Å²) in [6.45, 7) is 1.42. The number of carbonyl (C=O) groups excluding carboxylic acids is 1. The van der Waals surface area contributed by atoms with E-state index in [1.165, 1.54) is 11.3 Å². The standard InChI is InChI=1S/C14H20F2N4O2S/c15-14(16)5-1-2-10(8-14)17-12(21)18-13-20-19-11(23-13)9-3-6-22-7-4-9/h9-10H,1-8H2,(H2,17,18,20,21). The van der Waals surface area contributed by atoms with Crippen molar-refractivity contribution >= 4 is 22.5 Å². The molecule has 2 fully saturated rings. The van der Waals surface area contributed by atoms with E-state index < -0.39 is 18.0 Å². The third-order valence-corrected chi connectivity index (χ3v) is 5.21. The molecule has 0 bridgehead atoms. The van der Waals surface area contributed by atoms with Crippen LogP contribution in [0, 0.1) is 0 Å². The highest BCUT2D eigenvalue weighted by atomic mass is 32.1. The number of aromatic nitrogens is 2. The smallest absolute Gasteiger partial charge is 0.321 e. The van der Waals surface area contributed by atoms with E-state index in [1.807, 2.05) is 0 Å². The number of hydrogen-bond acceptors (Lipinski definition) is 5. The molecular weight excluding hydrogens is 326 g/mol. The molecule has 1 aromatic heterocycles. The number of rotatable bonds is 3. The monoisotopic (exact) mass is 346 g/mol. The van der Waals surface area contributed by atoms with Crippen molar-refractivity contribution in [1.82, 2.24) is 15.5 Å². The number of carbonyl (C=O) groups is 1. The summed E-state index contributed by atoms with van der Waals surface area (Å²) in [5, 5.41) is 14.5. The third kappa shape index (κ3) is 4.57. The van der Waals surface area contributed by atoms with E-state index in [9.17, 15) is 13.6 Å². The van der Waals surface area contributed by atoms with E-state index in [4.69, 9.17) is 4.74 Å². The molecule has 2 N–H and O–H groups in total. The molecule has 128 valence electrons. The van der Waals surface area contributed by atoms with Gasteiger partial charge in [0.15, 0.2) is 0 Å². The normalized spacial score (nSPS) is 25.0. The van der Waals surface area contributed by atoms with Crippen LogP contribution in [0.4, 0.5) is 18.7 Å². The molecule has 1 aliphatic heterocycles. The van der Waals surface area contributed by atoms with Crippen LogP contribution >= 0.6 is 11.3 Å². The first-order valence-electron chi connectivity index (χ1n) is 7.88. The Morgan fingerprint density at radius 3 is 2.78 bits per heavy atom. The molecule has 1 aliphatic carbocycles. The Bertz CT molecular complexity index is 549. The lowest BCUT2D eigenvalue weighted by atomic mass is 9.92. The van der Waals surface area contributed by atoms with Crippen molar-refractivity contribution < 1.29 is 18.3 Å². The summed E-state index contributed by atoms with van der Waals surface area (Å²) in [5.74, 6) is -2.37. The lowest BCUT2D eigenvalue weighted by Crippen LogP contribution is -2.43. The third-order valence-electron chi connectivity index (χ3n) is 4.21. The Labute approximate surface area is 137 Å². The zero-order valence-electron chi connectivity index (χ0n) is 12.7. The molecule has 2 heterocycles. The van der Waals surface area contributed by atoms with Gasteiger partial charge in [-0.15, -0.1) is 10.2 Å². The molecule has 23 heavy (non-hydrogen) atoms. The Morgan fingerprint density at radius 1 is 1.26 bits per heavy atom. The van der Waals surface area contributed by atoms with Crippen molar-refractivity contribution in [2.45, 2.75) is 56.4 Å². The quantitative estimate of drug-likeness (QED) is 0.882. The van der Waals surface area contributed by atoms with Crippen LogP contribution < -0.4 is 10.6 Å². The van der Waals surface area contributed by atoms with Crippen molar-refractivity contribution in [3.8, 4) is 0 Å². The van der Waals surface area contributed by atoms with Crippen LogP contribution in [-0.4, -0.2) is 41.4 Å². The lowest BCUT2D eigenvalue weighted by molar-refractivity contribution is -0.0423. The molecule has 1 saturated carbocycles. The lowest BCUT2D eigenvalue weighted by Gasteiger charge is -2.29. The number of amides is 2. The van der Waals surface area contributed by atoms with E-state index in [2.05, 4.69) is 20.8 Å². The molecule has 1 atom stereocenters. The Hall–Kier alpha value is -1.35. The van der Waals surface area contributed by atoms with Crippen molar-refractivity contribution in [2.75, 3.05) is 18.5 Å². The fourth-order valence-electron chi connectivity index (χ4n) is 3.01. The number of halogens is 2. The number of nitrogens with one attached hydrogen (secondary N) is 2. The van der Waals surface area contributed by atoms with Gasteiger partial charge in [-0.3, -0.25) is 5.32 Å². The molecular formula is C14H20F2N4O2S.